The van der Waals surface area contributed by atoms with Crippen molar-refractivity contribution in [1.29, 1.82) is 0 Å². The number of anilines is 1. The molecule has 1 N–H and O–H groups in total. The van der Waals surface area contributed by atoms with Gasteiger partial charge in [-0.1, -0.05) is 36.9 Å². The Kier molecular flexibility index (Phi) is 6.69. The molecule has 1 aliphatic heterocycles. The smallest absolute Gasteiger partial charge is 0.243 e. The second-order valence-electron chi connectivity index (χ2n) is 6.69. The van der Waals surface area contributed by atoms with Gasteiger partial charge in [0.15, 0.2) is 4.34 Å². The molecular weight excluding hydrogens is 423 g/mol. The van der Waals surface area contributed by atoms with Gasteiger partial charge in [0, 0.05) is 18.3 Å². The number of hydrogen-bond acceptors (Lipinski definition) is 7. The van der Waals surface area contributed by atoms with E-state index in [-0.39, 0.29) is 17.3 Å². The van der Waals surface area contributed by atoms with Crippen LogP contribution in [0.5, 0.6) is 0 Å². The summed E-state index contributed by atoms with van der Waals surface area (Å²) in [6.45, 7) is 4.50. The number of sulfonamides is 1. The third kappa shape index (κ3) is 5.07. The molecule has 28 heavy (non-hydrogen) atoms. The first-order valence-corrected chi connectivity index (χ1v) is 12.0. The molecule has 0 aliphatic carbocycles. The number of carbonyl (C=O) groups excluding carboxylic acids is 1. The standard InChI is InChI=1S/C17H21FN4O3S3/c1-11(2)26-17-21-20-16(27-17)19-15(23)12-4-3-9-22(10-12)28(24,25)14-7-5-13(18)6-8-14/h5-8,11-12H,3-4,9-10H2,1-2H3,(H,19,20,23)/t12-/m0/s1. The van der Waals surface area contributed by atoms with Gasteiger partial charge in [-0.25, -0.2) is 12.8 Å². The Morgan fingerprint density at radius 2 is 2.04 bits per heavy atom. The third-order valence-corrected chi connectivity index (χ3v) is 7.99. The Hall–Kier alpha value is -1.56. The van der Waals surface area contributed by atoms with Gasteiger partial charge in [0.25, 0.3) is 0 Å². The summed E-state index contributed by atoms with van der Waals surface area (Å²) >= 11 is 2.86. The average Bonchev–Trinajstić information content (AvgIpc) is 3.08. The fourth-order valence-corrected chi connectivity index (χ4v) is 6.35. The minimum atomic E-state index is -3.77. The summed E-state index contributed by atoms with van der Waals surface area (Å²) in [5.41, 5.74) is 0. The number of carbonyl (C=O) groups is 1. The second kappa shape index (κ2) is 8.85. The Morgan fingerprint density at radius 3 is 2.71 bits per heavy atom. The van der Waals surface area contributed by atoms with E-state index in [0.29, 0.717) is 29.8 Å². The second-order valence-corrected chi connectivity index (χ2v) is 11.4. The predicted molar refractivity (Wildman–Crippen MR) is 107 cm³/mol. The van der Waals surface area contributed by atoms with E-state index in [1.807, 2.05) is 13.8 Å². The molecule has 1 aliphatic rings. The normalized spacial score (nSPS) is 18.4. The van der Waals surface area contributed by atoms with Crippen molar-refractivity contribution < 1.29 is 17.6 Å². The highest BCUT2D eigenvalue weighted by Crippen LogP contribution is 2.30. The largest absolute Gasteiger partial charge is 0.300 e. The van der Waals surface area contributed by atoms with Gasteiger partial charge in [0.1, 0.15) is 5.82 Å². The van der Waals surface area contributed by atoms with Crippen LogP contribution in [0.15, 0.2) is 33.5 Å². The highest BCUT2D eigenvalue weighted by Gasteiger charge is 2.33. The van der Waals surface area contributed by atoms with Crippen LogP contribution in [0.4, 0.5) is 9.52 Å². The van der Waals surface area contributed by atoms with Gasteiger partial charge in [-0.3, -0.25) is 4.79 Å². The monoisotopic (exact) mass is 444 g/mol. The molecule has 1 amide bonds. The van der Waals surface area contributed by atoms with Crippen molar-refractivity contribution in [1.82, 2.24) is 14.5 Å². The summed E-state index contributed by atoms with van der Waals surface area (Å²) in [7, 11) is -3.77. The molecule has 2 heterocycles. The molecule has 0 spiro atoms. The van der Waals surface area contributed by atoms with Gasteiger partial charge in [-0.15, -0.1) is 10.2 Å². The zero-order chi connectivity index (χ0) is 20.3. The number of thioether (sulfide) groups is 1. The first-order chi connectivity index (χ1) is 13.3. The van der Waals surface area contributed by atoms with E-state index in [0.717, 1.165) is 16.5 Å². The van der Waals surface area contributed by atoms with E-state index in [1.165, 1.54) is 27.8 Å². The quantitative estimate of drug-likeness (QED) is 0.543. The number of piperidine rings is 1. The summed E-state index contributed by atoms with van der Waals surface area (Å²) in [5.74, 6) is -1.24. The number of benzene rings is 1. The molecule has 1 atom stereocenters. The molecule has 3 rings (SSSR count). The predicted octanol–water partition coefficient (Wildman–Crippen LogP) is 3.22. The van der Waals surface area contributed by atoms with Gasteiger partial charge in [-0.2, -0.15) is 4.31 Å². The maximum absolute atomic E-state index is 13.1. The summed E-state index contributed by atoms with van der Waals surface area (Å²) in [6.07, 6.45) is 1.16. The van der Waals surface area contributed by atoms with Gasteiger partial charge in [0.2, 0.25) is 21.1 Å². The van der Waals surface area contributed by atoms with Crippen LogP contribution in [0.25, 0.3) is 0 Å². The maximum Gasteiger partial charge on any atom is 0.243 e. The number of hydrogen-bond donors (Lipinski definition) is 1. The van der Waals surface area contributed by atoms with Crippen LogP contribution in [-0.4, -0.2) is 47.2 Å². The molecular formula is C17H21FN4O3S3. The molecule has 0 bridgehead atoms. The fourth-order valence-electron chi connectivity index (χ4n) is 2.85. The van der Waals surface area contributed by atoms with E-state index in [9.17, 15) is 17.6 Å². The lowest BCUT2D eigenvalue weighted by Gasteiger charge is -2.31. The van der Waals surface area contributed by atoms with Crippen LogP contribution in [0.2, 0.25) is 0 Å². The average molecular weight is 445 g/mol. The zero-order valence-corrected chi connectivity index (χ0v) is 17.9. The number of nitrogens with one attached hydrogen (secondary N) is 1. The molecule has 1 saturated heterocycles. The molecule has 1 fully saturated rings. The molecule has 1 aromatic carbocycles. The first-order valence-electron chi connectivity index (χ1n) is 8.82. The number of nitrogens with zero attached hydrogens (tertiary/aromatic N) is 3. The third-order valence-electron chi connectivity index (χ3n) is 4.18. The Balaban J connectivity index is 1.66. The highest BCUT2D eigenvalue weighted by atomic mass is 32.2. The molecule has 0 radical (unpaired) electrons. The number of halogens is 1. The van der Waals surface area contributed by atoms with Crippen LogP contribution in [-0.2, 0) is 14.8 Å². The minimum absolute atomic E-state index is 0.0226. The summed E-state index contributed by atoms with van der Waals surface area (Å²) in [4.78, 5) is 12.6. The lowest BCUT2D eigenvalue weighted by atomic mass is 9.99. The Bertz CT molecular complexity index is 931. The van der Waals surface area contributed by atoms with Crippen molar-refractivity contribution in [2.45, 2.75) is 41.2 Å². The Labute approximate surface area is 171 Å². The van der Waals surface area contributed by atoms with Crippen LogP contribution in [0.3, 0.4) is 0 Å². The van der Waals surface area contributed by atoms with Crippen LogP contribution in [0.1, 0.15) is 26.7 Å². The minimum Gasteiger partial charge on any atom is -0.300 e. The molecule has 7 nitrogen and oxygen atoms in total. The Morgan fingerprint density at radius 1 is 1.32 bits per heavy atom. The van der Waals surface area contributed by atoms with Gasteiger partial charge in [-0.05, 0) is 37.1 Å². The van der Waals surface area contributed by atoms with Crippen LogP contribution >= 0.6 is 23.1 Å². The van der Waals surface area contributed by atoms with Crippen LogP contribution in [0, 0.1) is 11.7 Å². The maximum atomic E-state index is 13.1. The van der Waals surface area contributed by atoms with Crippen molar-refractivity contribution in [3.05, 3.63) is 30.1 Å². The molecule has 2 aromatic rings. The summed E-state index contributed by atoms with van der Waals surface area (Å²) < 4.78 is 40.7. The molecule has 0 saturated carbocycles. The van der Waals surface area contributed by atoms with Crippen LogP contribution < -0.4 is 5.32 Å². The fraction of sp³-hybridized carbons (Fsp3) is 0.471. The topological polar surface area (TPSA) is 92.3 Å². The molecule has 0 unspecified atom stereocenters. The number of aromatic nitrogens is 2. The van der Waals surface area contributed by atoms with E-state index in [1.54, 1.807) is 11.8 Å². The van der Waals surface area contributed by atoms with Crippen molar-refractivity contribution in [3.63, 3.8) is 0 Å². The number of amides is 1. The van der Waals surface area contributed by atoms with E-state index < -0.39 is 21.8 Å². The summed E-state index contributed by atoms with van der Waals surface area (Å²) in [6, 6.07) is 4.71. The van der Waals surface area contributed by atoms with Crippen molar-refractivity contribution in [3.8, 4) is 0 Å². The lowest BCUT2D eigenvalue weighted by Crippen LogP contribution is -2.43. The highest BCUT2D eigenvalue weighted by molar-refractivity contribution is 8.01. The SMILES string of the molecule is CC(C)Sc1nnc(NC(=O)[C@H]2CCCN(S(=O)(=O)c3ccc(F)cc3)C2)s1. The van der Waals surface area contributed by atoms with Crippen molar-refractivity contribution >= 4 is 44.2 Å². The summed E-state index contributed by atoms with van der Waals surface area (Å²) in [5, 5.41) is 11.5. The van der Waals surface area contributed by atoms with E-state index >= 15 is 0 Å². The zero-order valence-electron chi connectivity index (χ0n) is 15.5. The van der Waals surface area contributed by atoms with E-state index in [2.05, 4.69) is 15.5 Å². The van der Waals surface area contributed by atoms with Gasteiger partial charge in [0.05, 0.1) is 10.8 Å². The first kappa shape index (κ1) is 21.2. The lowest BCUT2D eigenvalue weighted by molar-refractivity contribution is -0.120. The molecule has 11 heteroatoms. The molecule has 152 valence electrons. The van der Waals surface area contributed by atoms with Gasteiger partial charge >= 0.3 is 0 Å². The molecule has 1 aromatic heterocycles. The number of rotatable bonds is 6. The van der Waals surface area contributed by atoms with Gasteiger partial charge < -0.3 is 5.32 Å². The van der Waals surface area contributed by atoms with E-state index in [4.69, 9.17) is 0 Å². The van der Waals surface area contributed by atoms with Crippen molar-refractivity contribution in [2.75, 3.05) is 18.4 Å². The van der Waals surface area contributed by atoms with Crippen molar-refractivity contribution in [2.24, 2.45) is 5.92 Å².